The number of ketones is 1. The normalized spacial score (nSPS) is 14.6. The molecular weight excluding hydrogens is 304 g/mol. The summed E-state index contributed by atoms with van der Waals surface area (Å²) in [6.45, 7) is 3.42. The first-order valence-corrected chi connectivity index (χ1v) is 8.14. The van der Waals surface area contributed by atoms with E-state index >= 15 is 0 Å². The van der Waals surface area contributed by atoms with Gasteiger partial charge in [-0.2, -0.15) is 0 Å². The Labute approximate surface area is 141 Å². The van der Waals surface area contributed by atoms with Crippen LogP contribution in [0.4, 0.5) is 0 Å². The van der Waals surface area contributed by atoms with Crippen LogP contribution in [-0.4, -0.2) is 17.9 Å². The van der Waals surface area contributed by atoms with Gasteiger partial charge in [-0.05, 0) is 68.5 Å². The molecule has 1 aliphatic carbocycles. The quantitative estimate of drug-likeness (QED) is 0.475. The predicted molar refractivity (Wildman–Crippen MR) is 90.8 cm³/mol. The van der Waals surface area contributed by atoms with Crippen LogP contribution in [0.25, 0.3) is 6.08 Å². The molecule has 0 fully saturated rings. The van der Waals surface area contributed by atoms with Gasteiger partial charge in [0.1, 0.15) is 11.5 Å². The van der Waals surface area contributed by atoms with Crippen LogP contribution >= 0.6 is 0 Å². The van der Waals surface area contributed by atoms with E-state index in [2.05, 4.69) is 0 Å². The zero-order chi connectivity index (χ0) is 17.1. The van der Waals surface area contributed by atoms with Gasteiger partial charge in [0.2, 0.25) is 5.78 Å². The van der Waals surface area contributed by atoms with Gasteiger partial charge in [0, 0.05) is 11.6 Å². The molecule has 0 amide bonds. The van der Waals surface area contributed by atoms with E-state index in [4.69, 9.17) is 9.15 Å². The van der Waals surface area contributed by atoms with Crippen molar-refractivity contribution in [2.24, 2.45) is 0 Å². The van der Waals surface area contributed by atoms with Gasteiger partial charge in [0.25, 0.3) is 0 Å². The number of fused-ring (bicyclic) bond motifs is 1. The molecule has 0 aliphatic heterocycles. The highest BCUT2D eigenvalue weighted by molar-refractivity contribution is 6.01. The summed E-state index contributed by atoms with van der Waals surface area (Å²) < 4.78 is 10.5. The number of hydrogen-bond donors (Lipinski definition) is 0. The topological polar surface area (TPSA) is 56.5 Å². The highest BCUT2D eigenvalue weighted by Gasteiger charge is 2.20. The molecule has 0 saturated carbocycles. The Morgan fingerprint density at radius 3 is 2.71 bits per heavy atom. The van der Waals surface area contributed by atoms with Gasteiger partial charge in [-0.15, -0.1) is 0 Å². The van der Waals surface area contributed by atoms with Crippen LogP contribution in [0.5, 0.6) is 0 Å². The van der Waals surface area contributed by atoms with Crippen molar-refractivity contribution in [1.29, 1.82) is 0 Å². The van der Waals surface area contributed by atoms with Gasteiger partial charge in [-0.1, -0.05) is 12.1 Å². The van der Waals surface area contributed by atoms with E-state index in [0.29, 0.717) is 11.3 Å². The summed E-state index contributed by atoms with van der Waals surface area (Å²) in [4.78, 5) is 24.3. The lowest BCUT2D eigenvalue weighted by molar-refractivity contribution is -0.140. The van der Waals surface area contributed by atoms with Crippen molar-refractivity contribution < 1.29 is 18.7 Å². The van der Waals surface area contributed by atoms with E-state index in [1.54, 1.807) is 13.0 Å². The molecule has 0 saturated heterocycles. The van der Waals surface area contributed by atoms with Crippen LogP contribution in [0, 0.1) is 6.92 Å². The summed E-state index contributed by atoms with van der Waals surface area (Å²) in [5.41, 5.74) is 3.14. The van der Waals surface area contributed by atoms with Gasteiger partial charge in [0.15, 0.2) is 6.10 Å². The Bertz CT molecular complexity index is 798. The first-order chi connectivity index (χ1) is 11.5. The Balaban J connectivity index is 1.61. The minimum atomic E-state index is -0.819. The first-order valence-electron chi connectivity index (χ1n) is 8.14. The lowest BCUT2D eigenvalue weighted by atomic mass is 10.0. The number of esters is 1. The maximum absolute atomic E-state index is 12.4. The summed E-state index contributed by atoms with van der Waals surface area (Å²) in [6.07, 6.45) is 5.20. The minimum Gasteiger partial charge on any atom is -0.462 e. The number of ether oxygens (including phenoxy) is 1. The Kier molecular flexibility index (Phi) is 4.65. The van der Waals surface area contributed by atoms with Gasteiger partial charge >= 0.3 is 5.97 Å². The van der Waals surface area contributed by atoms with E-state index < -0.39 is 12.1 Å². The van der Waals surface area contributed by atoms with Crippen molar-refractivity contribution in [2.75, 3.05) is 0 Å². The zero-order valence-corrected chi connectivity index (χ0v) is 13.9. The van der Waals surface area contributed by atoms with Crippen molar-refractivity contribution in [3.8, 4) is 0 Å². The fourth-order valence-electron chi connectivity index (χ4n) is 2.92. The van der Waals surface area contributed by atoms with E-state index in [9.17, 15) is 9.59 Å². The predicted octanol–water partition coefficient (Wildman–Crippen LogP) is 3.90. The minimum absolute atomic E-state index is 0.180. The molecule has 4 nitrogen and oxygen atoms in total. The van der Waals surface area contributed by atoms with Crippen molar-refractivity contribution >= 4 is 17.8 Å². The third kappa shape index (κ3) is 3.65. The molecule has 0 N–H and O–H groups in total. The third-order valence-electron chi connectivity index (χ3n) is 4.19. The SMILES string of the molecule is Cc1ccc(C=CC(=O)OC(C)C(=O)c2ccc3c(c2)CCC3)o1. The molecule has 24 heavy (non-hydrogen) atoms. The van der Waals surface area contributed by atoms with Crippen LogP contribution in [0.2, 0.25) is 0 Å². The molecular formula is C20H20O4. The van der Waals surface area contributed by atoms with Crippen molar-refractivity contribution in [1.82, 2.24) is 0 Å². The van der Waals surface area contributed by atoms with Crippen molar-refractivity contribution in [3.05, 3.63) is 64.6 Å². The standard InChI is InChI=1S/C20H20O4/c1-13-6-9-18(23-13)10-11-19(21)24-14(2)20(22)17-8-7-15-4-3-5-16(15)12-17/h6-12,14H,3-5H2,1-2H3. The monoisotopic (exact) mass is 324 g/mol. The van der Waals surface area contributed by atoms with Crippen molar-refractivity contribution in [3.63, 3.8) is 0 Å². The highest BCUT2D eigenvalue weighted by Crippen LogP contribution is 2.23. The third-order valence-corrected chi connectivity index (χ3v) is 4.19. The molecule has 4 heteroatoms. The fraction of sp³-hybridized carbons (Fsp3) is 0.300. The second kappa shape index (κ2) is 6.87. The summed E-state index contributed by atoms with van der Waals surface area (Å²) in [5.74, 6) is 0.594. The number of benzene rings is 1. The van der Waals surface area contributed by atoms with Gasteiger partial charge in [-0.25, -0.2) is 4.79 Å². The lowest BCUT2D eigenvalue weighted by Crippen LogP contribution is -2.23. The zero-order valence-electron chi connectivity index (χ0n) is 13.9. The van der Waals surface area contributed by atoms with Crippen LogP contribution in [0.3, 0.4) is 0 Å². The second-order valence-electron chi connectivity index (χ2n) is 6.06. The van der Waals surface area contributed by atoms with Gasteiger partial charge in [-0.3, -0.25) is 4.79 Å². The van der Waals surface area contributed by atoms with Crippen LogP contribution in [-0.2, 0) is 22.4 Å². The lowest BCUT2D eigenvalue weighted by Gasteiger charge is -2.11. The average Bonchev–Trinajstić information content (AvgIpc) is 3.19. The Morgan fingerprint density at radius 2 is 1.96 bits per heavy atom. The molecule has 1 heterocycles. The van der Waals surface area contributed by atoms with Gasteiger partial charge in [0.05, 0.1) is 0 Å². The second-order valence-corrected chi connectivity index (χ2v) is 6.06. The molecule has 1 aromatic carbocycles. The number of hydrogen-bond acceptors (Lipinski definition) is 4. The summed E-state index contributed by atoms with van der Waals surface area (Å²) in [6, 6.07) is 9.32. The fourth-order valence-corrected chi connectivity index (χ4v) is 2.92. The molecule has 0 bridgehead atoms. The molecule has 0 radical (unpaired) electrons. The van der Waals surface area contributed by atoms with Crippen LogP contribution < -0.4 is 0 Å². The molecule has 1 aliphatic rings. The smallest absolute Gasteiger partial charge is 0.331 e. The molecule has 1 unspecified atom stereocenters. The van der Waals surface area contributed by atoms with E-state index in [1.165, 1.54) is 23.3 Å². The van der Waals surface area contributed by atoms with Crippen LogP contribution in [0.15, 0.2) is 40.8 Å². The van der Waals surface area contributed by atoms with E-state index in [1.807, 2.05) is 31.2 Å². The largest absolute Gasteiger partial charge is 0.462 e. The number of carbonyl (C=O) groups excluding carboxylic acids is 2. The van der Waals surface area contributed by atoms with E-state index in [0.717, 1.165) is 25.0 Å². The molecule has 1 atom stereocenters. The number of carbonyl (C=O) groups is 2. The maximum atomic E-state index is 12.4. The maximum Gasteiger partial charge on any atom is 0.331 e. The molecule has 1 aromatic heterocycles. The number of rotatable bonds is 5. The Hall–Kier alpha value is -2.62. The summed E-state index contributed by atoms with van der Waals surface area (Å²) in [5, 5.41) is 0. The first kappa shape index (κ1) is 16.2. The molecule has 0 spiro atoms. The molecule has 124 valence electrons. The van der Waals surface area contributed by atoms with Crippen LogP contribution in [0.1, 0.15) is 46.3 Å². The number of Topliss-reactive ketones (excluding diaryl/α,β-unsaturated/α-hetero) is 1. The molecule has 3 rings (SSSR count). The van der Waals surface area contributed by atoms with Crippen molar-refractivity contribution in [2.45, 2.75) is 39.2 Å². The Morgan fingerprint density at radius 1 is 1.17 bits per heavy atom. The van der Waals surface area contributed by atoms with Gasteiger partial charge < -0.3 is 9.15 Å². The molecule has 2 aromatic rings. The number of furan rings is 1. The summed E-state index contributed by atoms with van der Waals surface area (Å²) >= 11 is 0. The highest BCUT2D eigenvalue weighted by atomic mass is 16.5. The average molecular weight is 324 g/mol. The van der Waals surface area contributed by atoms with E-state index in [-0.39, 0.29) is 5.78 Å². The number of aryl methyl sites for hydroxylation is 3. The summed E-state index contributed by atoms with van der Waals surface area (Å²) in [7, 11) is 0.